The topological polar surface area (TPSA) is 52.7 Å². The highest BCUT2D eigenvalue weighted by Crippen LogP contribution is 2.17. The molecule has 22 heavy (non-hydrogen) atoms. The van der Waals surface area contributed by atoms with Gasteiger partial charge in [0.15, 0.2) is 0 Å². The average molecular weight is 321 g/mol. The zero-order valence-electron chi connectivity index (χ0n) is 12.8. The van der Waals surface area contributed by atoms with Gasteiger partial charge in [0.05, 0.1) is 4.88 Å². The fourth-order valence-corrected chi connectivity index (χ4v) is 3.85. The van der Waals surface area contributed by atoms with Gasteiger partial charge in [-0.1, -0.05) is 6.07 Å². The van der Waals surface area contributed by atoms with E-state index in [-0.39, 0.29) is 11.8 Å². The molecule has 0 radical (unpaired) electrons. The third-order valence-electron chi connectivity index (χ3n) is 4.58. The van der Waals surface area contributed by atoms with Crippen molar-refractivity contribution in [3.05, 3.63) is 22.4 Å². The van der Waals surface area contributed by atoms with Gasteiger partial charge in [0.25, 0.3) is 5.91 Å². The molecule has 1 N–H and O–H groups in total. The first kappa shape index (κ1) is 15.5. The molecule has 5 nitrogen and oxygen atoms in total. The maximum atomic E-state index is 12.3. The van der Waals surface area contributed by atoms with E-state index in [1.54, 1.807) is 0 Å². The summed E-state index contributed by atoms with van der Waals surface area (Å²) in [5, 5.41) is 5.26. The molecule has 3 heterocycles. The summed E-state index contributed by atoms with van der Waals surface area (Å²) in [6.07, 6.45) is 2.82. The van der Waals surface area contributed by atoms with Crippen LogP contribution in [0, 0.1) is 5.92 Å². The van der Waals surface area contributed by atoms with E-state index in [2.05, 4.69) is 5.32 Å². The Balaban J connectivity index is 1.42. The van der Waals surface area contributed by atoms with Crippen LogP contribution < -0.4 is 5.32 Å². The zero-order valence-corrected chi connectivity index (χ0v) is 13.6. The minimum atomic E-state index is 0.0964. The first-order valence-electron chi connectivity index (χ1n) is 8.05. The molecule has 0 aliphatic carbocycles. The van der Waals surface area contributed by atoms with E-state index in [1.165, 1.54) is 17.8 Å². The Bertz CT molecular complexity index is 503. The quantitative estimate of drug-likeness (QED) is 0.912. The van der Waals surface area contributed by atoms with Crippen molar-refractivity contribution in [2.24, 2.45) is 5.92 Å². The molecule has 6 heteroatoms. The van der Waals surface area contributed by atoms with Crippen LogP contribution in [-0.4, -0.2) is 60.9 Å². The van der Waals surface area contributed by atoms with Crippen LogP contribution in [0.5, 0.6) is 0 Å². The average Bonchev–Trinajstić information content (AvgIpc) is 3.25. The van der Waals surface area contributed by atoms with Crippen molar-refractivity contribution in [2.45, 2.75) is 19.3 Å². The molecule has 3 rings (SSSR count). The number of thiophene rings is 1. The summed E-state index contributed by atoms with van der Waals surface area (Å²) >= 11 is 1.48. The standard InChI is InChI=1S/C16H23N3O2S/c20-15(4-3-13-5-6-17-12-13)18-7-9-19(10-8-18)16(21)14-2-1-11-22-14/h1-2,11,13,17H,3-10,12H2. The molecule has 1 unspecified atom stereocenters. The van der Waals surface area contributed by atoms with Crippen LogP contribution in [0.3, 0.4) is 0 Å². The van der Waals surface area contributed by atoms with Crippen LogP contribution >= 0.6 is 11.3 Å². The van der Waals surface area contributed by atoms with Crippen LogP contribution in [0.4, 0.5) is 0 Å². The van der Waals surface area contributed by atoms with Crippen LogP contribution in [0.15, 0.2) is 17.5 Å². The molecule has 2 aliphatic rings. The summed E-state index contributed by atoms with van der Waals surface area (Å²) in [6.45, 7) is 4.76. The van der Waals surface area contributed by atoms with Gasteiger partial charge in [-0.3, -0.25) is 9.59 Å². The molecular formula is C16H23N3O2S. The molecule has 1 aromatic rings. The Morgan fingerprint density at radius 3 is 2.64 bits per heavy atom. The summed E-state index contributed by atoms with van der Waals surface area (Å²) in [7, 11) is 0. The molecular weight excluding hydrogens is 298 g/mol. The third kappa shape index (κ3) is 3.67. The number of nitrogens with one attached hydrogen (secondary N) is 1. The number of hydrogen-bond acceptors (Lipinski definition) is 4. The number of nitrogens with zero attached hydrogens (tertiary/aromatic N) is 2. The van der Waals surface area contributed by atoms with E-state index < -0.39 is 0 Å². The van der Waals surface area contributed by atoms with Crippen LogP contribution in [0.2, 0.25) is 0 Å². The van der Waals surface area contributed by atoms with Crippen molar-refractivity contribution in [2.75, 3.05) is 39.3 Å². The van der Waals surface area contributed by atoms with Gasteiger partial charge in [-0.2, -0.15) is 0 Å². The highest BCUT2D eigenvalue weighted by Gasteiger charge is 2.25. The molecule has 120 valence electrons. The predicted octanol–water partition coefficient (Wildman–Crippen LogP) is 1.42. The molecule has 2 saturated heterocycles. The lowest BCUT2D eigenvalue weighted by molar-refractivity contribution is -0.132. The van der Waals surface area contributed by atoms with Crippen LogP contribution in [0.25, 0.3) is 0 Å². The number of carbonyl (C=O) groups is 2. The van der Waals surface area contributed by atoms with E-state index in [0.717, 1.165) is 24.4 Å². The fraction of sp³-hybridized carbons (Fsp3) is 0.625. The summed E-state index contributed by atoms with van der Waals surface area (Å²) in [6, 6.07) is 3.76. The Labute approximate surface area is 135 Å². The maximum Gasteiger partial charge on any atom is 0.264 e. The second-order valence-corrected chi connectivity index (χ2v) is 7.00. The van der Waals surface area contributed by atoms with Gasteiger partial charge in [-0.25, -0.2) is 0 Å². The van der Waals surface area contributed by atoms with Gasteiger partial charge < -0.3 is 15.1 Å². The second kappa shape index (κ2) is 7.24. The number of piperazine rings is 1. The smallest absolute Gasteiger partial charge is 0.264 e. The van der Waals surface area contributed by atoms with Gasteiger partial charge >= 0.3 is 0 Å². The van der Waals surface area contributed by atoms with Gasteiger partial charge in [0.1, 0.15) is 0 Å². The molecule has 1 atom stereocenters. The predicted molar refractivity (Wildman–Crippen MR) is 87.0 cm³/mol. The normalized spacial score (nSPS) is 22.1. The second-order valence-electron chi connectivity index (χ2n) is 6.05. The van der Waals surface area contributed by atoms with E-state index in [4.69, 9.17) is 0 Å². The van der Waals surface area contributed by atoms with Crippen molar-refractivity contribution in [1.29, 1.82) is 0 Å². The number of hydrogen-bond donors (Lipinski definition) is 1. The minimum Gasteiger partial charge on any atom is -0.339 e. The minimum absolute atomic E-state index is 0.0964. The Morgan fingerprint density at radius 1 is 1.23 bits per heavy atom. The molecule has 1 aromatic heterocycles. The number of amides is 2. The lowest BCUT2D eigenvalue weighted by Gasteiger charge is -2.34. The fourth-order valence-electron chi connectivity index (χ4n) is 3.16. The van der Waals surface area contributed by atoms with Crippen molar-refractivity contribution < 1.29 is 9.59 Å². The monoisotopic (exact) mass is 321 g/mol. The van der Waals surface area contributed by atoms with Crippen molar-refractivity contribution in [1.82, 2.24) is 15.1 Å². The van der Waals surface area contributed by atoms with Gasteiger partial charge in [-0.05, 0) is 43.3 Å². The highest BCUT2D eigenvalue weighted by atomic mass is 32.1. The summed E-state index contributed by atoms with van der Waals surface area (Å²) in [5.41, 5.74) is 0. The van der Waals surface area contributed by atoms with Crippen molar-refractivity contribution >= 4 is 23.2 Å². The molecule has 0 saturated carbocycles. The Hall–Kier alpha value is -1.40. The lowest BCUT2D eigenvalue weighted by atomic mass is 10.0. The van der Waals surface area contributed by atoms with Gasteiger partial charge in [0.2, 0.25) is 5.91 Å². The molecule has 0 spiro atoms. The Kier molecular flexibility index (Phi) is 5.10. The summed E-state index contributed by atoms with van der Waals surface area (Å²) < 4.78 is 0. The molecule has 2 amide bonds. The largest absolute Gasteiger partial charge is 0.339 e. The third-order valence-corrected chi connectivity index (χ3v) is 5.44. The highest BCUT2D eigenvalue weighted by molar-refractivity contribution is 7.12. The van der Waals surface area contributed by atoms with Gasteiger partial charge in [0, 0.05) is 32.6 Å². The Morgan fingerprint density at radius 2 is 2.00 bits per heavy atom. The zero-order chi connectivity index (χ0) is 15.4. The van der Waals surface area contributed by atoms with Crippen molar-refractivity contribution in [3.8, 4) is 0 Å². The lowest BCUT2D eigenvalue weighted by Crippen LogP contribution is -2.50. The van der Waals surface area contributed by atoms with E-state index in [1.807, 2.05) is 27.3 Å². The molecule has 2 aliphatic heterocycles. The van der Waals surface area contributed by atoms with Crippen LogP contribution in [0.1, 0.15) is 28.9 Å². The van der Waals surface area contributed by atoms with Crippen molar-refractivity contribution in [3.63, 3.8) is 0 Å². The van der Waals surface area contributed by atoms with E-state index in [9.17, 15) is 9.59 Å². The maximum absolute atomic E-state index is 12.3. The SMILES string of the molecule is O=C(CCC1CCNC1)N1CCN(C(=O)c2cccs2)CC1. The first-order valence-corrected chi connectivity index (χ1v) is 8.93. The summed E-state index contributed by atoms with van der Waals surface area (Å²) in [5.74, 6) is 1.000. The summed E-state index contributed by atoms with van der Waals surface area (Å²) in [4.78, 5) is 29.1. The number of carbonyl (C=O) groups excluding carboxylic acids is 2. The number of rotatable bonds is 4. The van der Waals surface area contributed by atoms with Crippen LogP contribution in [-0.2, 0) is 4.79 Å². The molecule has 2 fully saturated rings. The molecule has 0 bridgehead atoms. The van der Waals surface area contributed by atoms with E-state index in [0.29, 0.717) is 38.5 Å². The van der Waals surface area contributed by atoms with E-state index >= 15 is 0 Å². The molecule has 0 aromatic carbocycles. The van der Waals surface area contributed by atoms with Gasteiger partial charge in [-0.15, -0.1) is 11.3 Å². The first-order chi connectivity index (χ1) is 10.7.